The highest BCUT2D eigenvalue weighted by molar-refractivity contribution is 9.10. The fourth-order valence-electron chi connectivity index (χ4n) is 3.23. The van der Waals surface area contributed by atoms with Crippen LogP contribution in [0.1, 0.15) is 25.0 Å². The van der Waals surface area contributed by atoms with Crippen LogP contribution in [-0.4, -0.2) is 39.7 Å². The number of hydrogen-bond donors (Lipinski definition) is 1. The number of nitrogens with zero attached hydrogens (tertiary/aromatic N) is 3. The van der Waals surface area contributed by atoms with Crippen molar-refractivity contribution in [3.8, 4) is 0 Å². The van der Waals surface area contributed by atoms with E-state index in [9.17, 15) is 4.79 Å². The van der Waals surface area contributed by atoms with E-state index in [1.807, 2.05) is 11.9 Å². The van der Waals surface area contributed by atoms with Crippen molar-refractivity contribution in [3.63, 3.8) is 0 Å². The number of carbonyl (C=O) groups excluding carboxylic acids is 1. The average molecular weight is 327 g/mol. The van der Waals surface area contributed by atoms with Gasteiger partial charge in [0.15, 0.2) is 0 Å². The van der Waals surface area contributed by atoms with Gasteiger partial charge in [0.05, 0.1) is 22.8 Å². The number of rotatable bonds is 2. The van der Waals surface area contributed by atoms with Gasteiger partial charge in [0.1, 0.15) is 0 Å². The molecule has 1 amide bonds. The molecule has 1 saturated heterocycles. The van der Waals surface area contributed by atoms with Crippen molar-refractivity contribution in [2.24, 2.45) is 18.2 Å². The molecule has 1 aliphatic carbocycles. The van der Waals surface area contributed by atoms with Gasteiger partial charge in [-0.3, -0.25) is 9.48 Å². The van der Waals surface area contributed by atoms with Crippen molar-refractivity contribution in [3.05, 3.63) is 16.4 Å². The van der Waals surface area contributed by atoms with Crippen LogP contribution < -0.4 is 5.73 Å². The third kappa shape index (κ3) is 2.10. The van der Waals surface area contributed by atoms with E-state index in [0.717, 1.165) is 16.7 Å². The molecule has 1 aromatic rings. The highest BCUT2D eigenvalue weighted by Crippen LogP contribution is 2.47. The van der Waals surface area contributed by atoms with Gasteiger partial charge in [0, 0.05) is 31.6 Å². The molecule has 1 saturated carbocycles. The first-order valence-electron chi connectivity index (χ1n) is 6.71. The van der Waals surface area contributed by atoms with Crippen LogP contribution in [0.25, 0.3) is 0 Å². The molecule has 1 aliphatic heterocycles. The molecule has 2 heterocycles. The van der Waals surface area contributed by atoms with Crippen molar-refractivity contribution in [2.75, 3.05) is 13.1 Å². The standard InChI is InChI=1S/C13H19BrN4O/c1-17-10(9(14)6-16-17)5-12(19)18-7-11(15)13(8-18)3-2-4-13/h6,11H,2-5,7-8,15H2,1H3. The first-order valence-corrected chi connectivity index (χ1v) is 7.51. The number of aromatic nitrogens is 2. The summed E-state index contributed by atoms with van der Waals surface area (Å²) in [4.78, 5) is 14.3. The van der Waals surface area contributed by atoms with Crippen LogP contribution >= 0.6 is 15.9 Å². The predicted octanol–water partition coefficient (Wildman–Crippen LogP) is 1.06. The van der Waals surface area contributed by atoms with Crippen molar-refractivity contribution in [2.45, 2.75) is 31.7 Å². The minimum absolute atomic E-state index is 0.153. The van der Waals surface area contributed by atoms with Gasteiger partial charge < -0.3 is 10.6 Å². The molecule has 5 nitrogen and oxygen atoms in total. The Labute approximate surface area is 121 Å². The Hall–Kier alpha value is -0.880. The maximum absolute atomic E-state index is 12.4. The Morgan fingerprint density at radius 3 is 2.84 bits per heavy atom. The molecule has 2 aliphatic rings. The van der Waals surface area contributed by atoms with Gasteiger partial charge in [-0.25, -0.2) is 0 Å². The summed E-state index contributed by atoms with van der Waals surface area (Å²) in [6.07, 6.45) is 5.72. The molecular formula is C13H19BrN4O. The molecule has 0 bridgehead atoms. The monoisotopic (exact) mass is 326 g/mol. The summed E-state index contributed by atoms with van der Waals surface area (Å²) in [5.74, 6) is 0.156. The Bertz CT molecular complexity index is 489. The highest BCUT2D eigenvalue weighted by Gasteiger charge is 2.49. The summed E-state index contributed by atoms with van der Waals surface area (Å²) < 4.78 is 2.64. The normalized spacial score (nSPS) is 24.8. The Morgan fingerprint density at radius 1 is 1.63 bits per heavy atom. The second-order valence-electron chi connectivity index (χ2n) is 5.84. The fraction of sp³-hybridized carbons (Fsp3) is 0.692. The highest BCUT2D eigenvalue weighted by atomic mass is 79.9. The van der Waals surface area contributed by atoms with Crippen molar-refractivity contribution in [1.29, 1.82) is 0 Å². The average Bonchev–Trinajstić information content (AvgIpc) is 2.83. The quantitative estimate of drug-likeness (QED) is 0.884. The van der Waals surface area contributed by atoms with Crippen molar-refractivity contribution in [1.82, 2.24) is 14.7 Å². The molecule has 1 aromatic heterocycles. The summed E-state index contributed by atoms with van der Waals surface area (Å²) in [7, 11) is 1.86. The number of nitrogens with two attached hydrogens (primary N) is 1. The number of carbonyl (C=O) groups is 1. The van der Waals surface area contributed by atoms with Crippen LogP contribution in [0.15, 0.2) is 10.7 Å². The van der Waals surface area contributed by atoms with E-state index in [0.29, 0.717) is 13.0 Å². The first-order chi connectivity index (χ1) is 9.02. The molecule has 1 unspecified atom stereocenters. The van der Waals surface area contributed by atoms with E-state index < -0.39 is 0 Å². The summed E-state index contributed by atoms with van der Waals surface area (Å²) in [5, 5.41) is 4.14. The SMILES string of the molecule is Cn1ncc(Br)c1CC(=O)N1CC(N)C2(CCC2)C1. The third-order valence-electron chi connectivity index (χ3n) is 4.74. The van der Waals surface area contributed by atoms with E-state index in [-0.39, 0.29) is 17.4 Å². The zero-order chi connectivity index (χ0) is 13.6. The summed E-state index contributed by atoms with van der Waals surface area (Å²) in [6.45, 7) is 1.54. The van der Waals surface area contributed by atoms with E-state index in [1.165, 1.54) is 19.3 Å². The topological polar surface area (TPSA) is 64.2 Å². The van der Waals surface area contributed by atoms with E-state index in [1.54, 1.807) is 10.9 Å². The van der Waals surface area contributed by atoms with Crippen LogP contribution in [0, 0.1) is 5.41 Å². The Balaban J connectivity index is 1.69. The molecule has 3 rings (SSSR count). The Kier molecular flexibility index (Phi) is 3.17. The molecule has 104 valence electrons. The largest absolute Gasteiger partial charge is 0.340 e. The van der Waals surface area contributed by atoms with Crippen LogP contribution in [0.5, 0.6) is 0 Å². The number of amides is 1. The molecule has 1 spiro atoms. The minimum atomic E-state index is 0.153. The van der Waals surface area contributed by atoms with E-state index in [4.69, 9.17) is 5.73 Å². The van der Waals surface area contributed by atoms with Gasteiger partial charge in [-0.05, 0) is 28.8 Å². The molecule has 1 atom stereocenters. The number of likely N-dealkylation sites (tertiary alicyclic amines) is 1. The van der Waals surface area contributed by atoms with Gasteiger partial charge in [0.25, 0.3) is 0 Å². The van der Waals surface area contributed by atoms with Crippen LogP contribution in [-0.2, 0) is 18.3 Å². The van der Waals surface area contributed by atoms with Crippen LogP contribution in [0.2, 0.25) is 0 Å². The second kappa shape index (κ2) is 4.59. The smallest absolute Gasteiger partial charge is 0.228 e. The lowest BCUT2D eigenvalue weighted by atomic mass is 9.66. The maximum atomic E-state index is 12.4. The van der Waals surface area contributed by atoms with Gasteiger partial charge in [-0.2, -0.15) is 5.10 Å². The minimum Gasteiger partial charge on any atom is -0.340 e. The molecule has 2 N–H and O–H groups in total. The second-order valence-corrected chi connectivity index (χ2v) is 6.69. The molecule has 2 fully saturated rings. The van der Waals surface area contributed by atoms with Gasteiger partial charge in [-0.1, -0.05) is 6.42 Å². The van der Waals surface area contributed by atoms with Crippen LogP contribution in [0.3, 0.4) is 0 Å². The number of hydrogen-bond acceptors (Lipinski definition) is 3. The lowest BCUT2D eigenvalue weighted by Gasteiger charge is -2.41. The zero-order valence-corrected chi connectivity index (χ0v) is 12.7. The van der Waals surface area contributed by atoms with E-state index in [2.05, 4.69) is 21.0 Å². The lowest BCUT2D eigenvalue weighted by Crippen LogP contribution is -2.45. The van der Waals surface area contributed by atoms with Gasteiger partial charge >= 0.3 is 0 Å². The molecule has 0 radical (unpaired) electrons. The molecule has 6 heteroatoms. The predicted molar refractivity (Wildman–Crippen MR) is 75.5 cm³/mol. The molecular weight excluding hydrogens is 308 g/mol. The molecule has 0 aromatic carbocycles. The summed E-state index contributed by atoms with van der Waals surface area (Å²) in [6, 6.07) is 0.153. The Morgan fingerprint density at radius 2 is 2.37 bits per heavy atom. The number of halogens is 1. The van der Waals surface area contributed by atoms with E-state index >= 15 is 0 Å². The zero-order valence-electron chi connectivity index (χ0n) is 11.1. The van der Waals surface area contributed by atoms with Crippen molar-refractivity contribution >= 4 is 21.8 Å². The van der Waals surface area contributed by atoms with Crippen LogP contribution in [0.4, 0.5) is 0 Å². The van der Waals surface area contributed by atoms with Gasteiger partial charge in [0.2, 0.25) is 5.91 Å². The third-order valence-corrected chi connectivity index (χ3v) is 5.40. The fourth-order valence-corrected chi connectivity index (χ4v) is 3.72. The van der Waals surface area contributed by atoms with Gasteiger partial charge in [-0.15, -0.1) is 0 Å². The number of aryl methyl sites for hydroxylation is 1. The summed E-state index contributed by atoms with van der Waals surface area (Å²) in [5.41, 5.74) is 7.36. The maximum Gasteiger partial charge on any atom is 0.228 e. The lowest BCUT2D eigenvalue weighted by molar-refractivity contribution is -0.130. The first kappa shape index (κ1) is 13.1. The van der Waals surface area contributed by atoms with Crippen molar-refractivity contribution < 1.29 is 4.79 Å². The molecule has 19 heavy (non-hydrogen) atoms. The summed E-state index contributed by atoms with van der Waals surface area (Å²) >= 11 is 3.43.